The SMILES string of the molecule is CCC1(CC)CN(CCCN)c2ccccc2O1. The van der Waals surface area contributed by atoms with Crippen LogP contribution in [0.1, 0.15) is 33.1 Å². The summed E-state index contributed by atoms with van der Waals surface area (Å²) in [7, 11) is 0. The molecule has 0 bridgehead atoms. The Morgan fingerprint density at radius 1 is 1.28 bits per heavy atom. The lowest BCUT2D eigenvalue weighted by Gasteiger charge is -2.44. The number of hydrogen-bond donors (Lipinski definition) is 1. The number of rotatable bonds is 5. The number of nitrogens with two attached hydrogens (primary N) is 1. The maximum atomic E-state index is 6.26. The molecule has 1 aromatic carbocycles. The van der Waals surface area contributed by atoms with Crippen LogP contribution >= 0.6 is 0 Å². The zero-order chi connectivity index (χ0) is 13.0. The Labute approximate surface area is 110 Å². The van der Waals surface area contributed by atoms with Crippen molar-refractivity contribution < 1.29 is 4.74 Å². The summed E-state index contributed by atoms with van der Waals surface area (Å²) in [5.74, 6) is 1.02. The van der Waals surface area contributed by atoms with Gasteiger partial charge in [0.05, 0.1) is 12.2 Å². The van der Waals surface area contributed by atoms with Gasteiger partial charge in [-0.15, -0.1) is 0 Å². The number of benzene rings is 1. The number of ether oxygens (including phenoxy) is 1. The molecule has 3 heteroatoms. The molecule has 2 N–H and O–H groups in total. The van der Waals surface area contributed by atoms with Crippen LogP contribution in [0, 0.1) is 0 Å². The van der Waals surface area contributed by atoms with Crippen LogP contribution in [0.25, 0.3) is 0 Å². The monoisotopic (exact) mass is 248 g/mol. The summed E-state index contributed by atoms with van der Waals surface area (Å²) in [4.78, 5) is 2.43. The van der Waals surface area contributed by atoms with Crippen LogP contribution in [0.5, 0.6) is 5.75 Å². The molecule has 1 aromatic rings. The molecule has 0 radical (unpaired) electrons. The van der Waals surface area contributed by atoms with Crippen LogP contribution in [-0.4, -0.2) is 25.2 Å². The van der Waals surface area contributed by atoms with Gasteiger partial charge in [-0.2, -0.15) is 0 Å². The predicted molar refractivity (Wildman–Crippen MR) is 76.3 cm³/mol. The van der Waals surface area contributed by atoms with Crippen molar-refractivity contribution in [1.82, 2.24) is 0 Å². The van der Waals surface area contributed by atoms with Crippen LogP contribution in [0.4, 0.5) is 5.69 Å². The van der Waals surface area contributed by atoms with Crippen molar-refractivity contribution in [2.45, 2.75) is 38.7 Å². The summed E-state index contributed by atoms with van der Waals surface area (Å²) < 4.78 is 6.26. The lowest BCUT2D eigenvalue weighted by Crippen LogP contribution is -2.50. The van der Waals surface area contributed by atoms with Crippen molar-refractivity contribution in [2.75, 3.05) is 24.5 Å². The normalized spacial score (nSPS) is 17.2. The maximum absolute atomic E-state index is 6.26. The minimum atomic E-state index is -0.0387. The molecule has 0 saturated heterocycles. The Balaban J connectivity index is 2.28. The van der Waals surface area contributed by atoms with Gasteiger partial charge < -0.3 is 15.4 Å². The Morgan fingerprint density at radius 3 is 2.67 bits per heavy atom. The average Bonchev–Trinajstić information content (AvgIpc) is 2.44. The second-order valence-electron chi connectivity index (χ2n) is 5.02. The van der Waals surface area contributed by atoms with Gasteiger partial charge in [0.1, 0.15) is 11.4 Å². The van der Waals surface area contributed by atoms with Crippen LogP contribution in [-0.2, 0) is 0 Å². The molecule has 0 amide bonds. The molecule has 18 heavy (non-hydrogen) atoms. The number of nitrogens with zero attached hydrogens (tertiary/aromatic N) is 1. The zero-order valence-electron chi connectivity index (χ0n) is 11.5. The molecule has 100 valence electrons. The smallest absolute Gasteiger partial charge is 0.143 e. The van der Waals surface area contributed by atoms with E-state index in [0.29, 0.717) is 0 Å². The highest BCUT2D eigenvalue weighted by Crippen LogP contribution is 2.39. The summed E-state index contributed by atoms with van der Waals surface area (Å²) in [5, 5.41) is 0. The number of hydrogen-bond acceptors (Lipinski definition) is 3. The molecule has 0 unspecified atom stereocenters. The third-order valence-electron chi connectivity index (χ3n) is 3.93. The highest BCUT2D eigenvalue weighted by atomic mass is 16.5. The van der Waals surface area contributed by atoms with Crippen molar-refractivity contribution in [3.05, 3.63) is 24.3 Å². The first-order chi connectivity index (χ1) is 8.74. The first-order valence-corrected chi connectivity index (χ1v) is 6.97. The van der Waals surface area contributed by atoms with Gasteiger partial charge in [0.2, 0.25) is 0 Å². The molecular formula is C15H24N2O. The van der Waals surface area contributed by atoms with Crippen molar-refractivity contribution in [3.63, 3.8) is 0 Å². The van der Waals surface area contributed by atoms with Crippen LogP contribution in [0.3, 0.4) is 0 Å². The van der Waals surface area contributed by atoms with E-state index in [9.17, 15) is 0 Å². The standard InChI is InChI=1S/C15H24N2O/c1-3-15(4-2)12-17(11-7-10-16)13-8-5-6-9-14(13)18-15/h5-6,8-9H,3-4,7,10-12,16H2,1-2H3. The Morgan fingerprint density at radius 2 is 2.00 bits per heavy atom. The van der Waals surface area contributed by atoms with Crippen LogP contribution in [0.2, 0.25) is 0 Å². The molecule has 0 fully saturated rings. The average molecular weight is 248 g/mol. The van der Waals surface area contributed by atoms with Crippen molar-refractivity contribution in [2.24, 2.45) is 5.73 Å². The molecule has 1 heterocycles. The third-order valence-corrected chi connectivity index (χ3v) is 3.93. The first kappa shape index (κ1) is 13.2. The fourth-order valence-corrected chi connectivity index (χ4v) is 2.60. The quantitative estimate of drug-likeness (QED) is 0.871. The fraction of sp³-hybridized carbons (Fsp3) is 0.600. The van der Waals surface area contributed by atoms with Crippen molar-refractivity contribution >= 4 is 5.69 Å². The van der Waals surface area contributed by atoms with Crippen LogP contribution in [0.15, 0.2) is 24.3 Å². The van der Waals surface area contributed by atoms with E-state index in [1.165, 1.54) is 5.69 Å². The van der Waals surface area contributed by atoms with E-state index in [1.807, 2.05) is 6.07 Å². The number of fused-ring (bicyclic) bond motifs is 1. The minimum Gasteiger partial charge on any atom is -0.483 e. The second-order valence-corrected chi connectivity index (χ2v) is 5.02. The summed E-state index contributed by atoms with van der Waals surface area (Å²) in [6, 6.07) is 8.33. The second kappa shape index (κ2) is 5.61. The molecule has 3 nitrogen and oxygen atoms in total. The van der Waals surface area contributed by atoms with E-state index in [4.69, 9.17) is 10.5 Å². The van der Waals surface area contributed by atoms with Gasteiger partial charge in [0.15, 0.2) is 0 Å². The molecule has 0 spiro atoms. The largest absolute Gasteiger partial charge is 0.483 e. The summed E-state index contributed by atoms with van der Waals surface area (Å²) >= 11 is 0. The molecule has 0 aliphatic carbocycles. The lowest BCUT2D eigenvalue weighted by molar-refractivity contribution is 0.0574. The van der Waals surface area contributed by atoms with Gasteiger partial charge in [0.25, 0.3) is 0 Å². The van der Waals surface area contributed by atoms with E-state index in [-0.39, 0.29) is 5.60 Å². The highest BCUT2D eigenvalue weighted by molar-refractivity contribution is 5.60. The van der Waals surface area contributed by atoms with Crippen molar-refractivity contribution in [1.29, 1.82) is 0 Å². The highest BCUT2D eigenvalue weighted by Gasteiger charge is 2.36. The Hall–Kier alpha value is -1.22. The number of anilines is 1. The third kappa shape index (κ3) is 2.46. The van der Waals surface area contributed by atoms with E-state index in [0.717, 1.165) is 44.6 Å². The number of para-hydroxylation sites is 2. The summed E-state index contributed by atoms with van der Waals surface area (Å²) in [6.45, 7) is 7.14. The van der Waals surface area contributed by atoms with Gasteiger partial charge in [-0.3, -0.25) is 0 Å². The van der Waals surface area contributed by atoms with Gasteiger partial charge in [-0.05, 0) is 37.9 Å². The van der Waals surface area contributed by atoms with Gasteiger partial charge >= 0.3 is 0 Å². The van der Waals surface area contributed by atoms with Crippen LogP contribution < -0.4 is 15.4 Å². The topological polar surface area (TPSA) is 38.5 Å². The van der Waals surface area contributed by atoms with E-state index < -0.39 is 0 Å². The summed E-state index contributed by atoms with van der Waals surface area (Å²) in [6.07, 6.45) is 3.10. The van der Waals surface area contributed by atoms with E-state index in [1.54, 1.807) is 0 Å². The molecule has 0 aromatic heterocycles. The molecule has 0 atom stereocenters. The Kier molecular flexibility index (Phi) is 4.12. The van der Waals surface area contributed by atoms with Gasteiger partial charge in [-0.25, -0.2) is 0 Å². The first-order valence-electron chi connectivity index (χ1n) is 6.97. The minimum absolute atomic E-state index is 0.0387. The predicted octanol–water partition coefficient (Wildman–Crippen LogP) is 2.79. The molecule has 0 saturated carbocycles. The molecule has 1 aliphatic rings. The lowest BCUT2D eigenvalue weighted by atomic mass is 9.94. The summed E-state index contributed by atoms with van der Waals surface area (Å²) in [5.41, 5.74) is 6.81. The molecule has 1 aliphatic heterocycles. The van der Waals surface area contributed by atoms with E-state index in [2.05, 4.69) is 36.9 Å². The van der Waals surface area contributed by atoms with Crippen molar-refractivity contribution in [3.8, 4) is 5.75 Å². The Bertz CT molecular complexity index is 388. The zero-order valence-corrected chi connectivity index (χ0v) is 11.5. The van der Waals surface area contributed by atoms with Gasteiger partial charge in [-0.1, -0.05) is 26.0 Å². The molecule has 2 rings (SSSR count). The van der Waals surface area contributed by atoms with Gasteiger partial charge in [0, 0.05) is 6.54 Å². The fourth-order valence-electron chi connectivity index (χ4n) is 2.60. The molecular weight excluding hydrogens is 224 g/mol. The maximum Gasteiger partial charge on any atom is 0.143 e. The van der Waals surface area contributed by atoms with E-state index >= 15 is 0 Å².